The van der Waals surface area contributed by atoms with Crippen molar-refractivity contribution >= 4 is 0 Å². The lowest BCUT2D eigenvalue weighted by Gasteiger charge is -2.26. The third kappa shape index (κ3) is 5.38. The van der Waals surface area contributed by atoms with Crippen molar-refractivity contribution in [3.63, 3.8) is 0 Å². The summed E-state index contributed by atoms with van der Waals surface area (Å²) in [4.78, 5) is 0. The molecule has 0 amide bonds. The van der Waals surface area contributed by atoms with Crippen molar-refractivity contribution in [2.75, 3.05) is 0 Å². The molecule has 2 atom stereocenters. The molecule has 0 N–H and O–H groups in total. The van der Waals surface area contributed by atoms with E-state index < -0.39 is 6.17 Å². The summed E-state index contributed by atoms with van der Waals surface area (Å²) in [7, 11) is 0. The highest BCUT2D eigenvalue weighted by molar-refractivity contribution is 5.26. The zero-order valence-corrected chi connectivity index (χ0v) is 14.9. The molecule has 0 aliphatic heterocycles. The van der Waals surface area contributed by atoms with Gasteiger partial charge >= 0.3 is 0 Å². The van der Waals surface area contributed by atoms with Gasteiger partial charge in [-0.15, -0.1) is 0 Å². The van der Waals surface area contributed by atoms with Crippen LogP contribution in [-0.2, 0) is 6.42 Å². The van der Waals surface area contributed by atoms with Gasteiger partial charge in [0.2, 0.25) is 0 Å². The van der Waals surface area contributed by atoms with Gasteiger partial charge in [0, 0.05) is 11.8 Å². The monoisotopic (exact) mass is 314 g/mol. The summed E-state index contributed by atoms with van der Waals surface area (Å²) < 4.78 is 13.5. The molecular weight excluding hydrogens is 283 g/mol. The van der Waals surface area contributed by atoms with Crippen molar-refractivity contribution < 1.29 is 4.39 Å². The molecule has 1 saturated carbocycles. The Bertz CT molecular complexity index is 511. The molecule has 0 saturated heterocycles. The lowest BCUT2D eigenvalue weighted by atomic mass is 9.78. The average Bonchev–Trinajstić information content (AvgIpc) is 2.60. The van der Waals surface area contributed by atoms with E-state index in [1.54, 1.807) is 0 Å². The normalized spacial score (nSPS) is 23.7. The third-order valence-electron chi connectivity index (χ3n) is 5.16. The minimum absolute atomic E-state index is 0.121. The first-order valence-electron chi connectivity index (χ1n) is 9.38. The largest absolute Gasteiger partial charge is 0.246 e. The number of rotatable bonds is 5. The molecule has 1 aliphatic carbocycles. The van der Waals surface area contributed by atoms with Crippen LogP contribution in [0.25, 0.3) is 0 Å². The fourth-order valence-electron chi connectivity index (χ4n) is 3.51. The summed E-state index contributed by atoms with van der Waals surface area (Å²) in [5.41, 5.74) is 2.93. The Hall–Kier alpha value is -1.29. The number of aryl methyl sites for hydroxylation is 1. The molecule has 126 valence electrons. The van der Waals surface area contributed by atoms with Crippen LogP contribution in [0.3, 0.4) is 0 Å². The van der Waals surface area contributed by atoms with E-state index >= 15 is 0 Å². The van der Waals surface area contributed by atoms with Crippen LogP contribution in [0.4, 0.5) is 4.39 Å². The molecule has 0 nitrogen and oxygen atoms in total. The molecular formula is C22H31F. The Morgan fingerprint density at radius 1 is 1.09 bits per heavy atom. The second-order valence-corrected chi connectivity index (χ2v) is 7.04. The quantitative estimate of drug-likeness (QED) is 0.559. The van der Waals surface area contributed by atoms with E-state index in [-0.39, 0.29) is 5.92 Å². The van der Waals surface area contributed by atoms with Gasteiger partial charge in [0.25, 0.3) is 0 Å². The van der Waals surface area contributed by atoms with E-state index in [0.717, 1.165) is 12.8 Å². The second kappa shape index (κ2) is 9.11. The first kappa shape index (κ1) is 18.1. The van der Waals surface area contributed by atoms with Crippen molar-refractivity contribution in [2.45, 2.75) is 77.8 Å². The van der Waals surface area contributed by atoms with E-state index in [1.807, 2.05) is 13.8 Å². The predicted octanol–water partition coefficient (Wildman–Crippen LogP) is 6.30. The molecule has 0 radical (unpaired) electrons. The van der Waals surface area contributed by atoms with Crippen LogP contribution in [0.15, 0.2) is 24.3 Å². The molecule has 1 fully saturated rings. The lowest BCUT2D eigenvalue weighted by molar-refractivity contribution is 0.273. The fourth-order valence-corrected chi connectivity index (χ4v) is 3.51. The van der Waals surface area contributed by atoms with E-state index in [4.69, 9.17) is 0 Å². The molecule has 23 heavy (non-hydrogen) atoms. The van der Waals surface area contributed by atoms with Gasteiger partial charge in [-0.1, -0.05) is 56.4 Å². The van der Waals surface area contributed by atoms with Gasteiger partial charge < -0.3 is 0 Å². The van der Waals surface area contributed by atoms with Gasteiger partial charge in [-0.3, -0.25) is 0 Å². The number of hydrogen-bond donors (Lipinski definition) is 0. The highest BCUT2D eigenvalue weighted by atomic mass is 19.1. The summed E-state index contributed by atoms with van der Waals surface area (Å²) in [6, 6.07) is 9.22. The maximum Gasteiger partial charge on any atom is 0.113 e. The predicted molar refractivity (Wildman–Crippen MR) is 97.3 cm³/mol. The standard InChI is InChI=1S/C22H31F/c1-4-6-18-9-13-20(14-10-18)21-15-11-19(12-16-21)8-7-17(3)22(23)5-2/h9-10,13-14,17,19,21-22H,4-6,11-12,15-16H2,1-3H3. The molecule has 0 aromatic heterocycles. The highest BCUT2D eigenvalue weighted by Crippen LogP contribution is 2.35. The third-order valence-corrected chi connectivity index (χ3v) is 5.16. The Morgan fingerprint density at radius 3 is 2.30 bits per heavy atom. The van der Waals surface area contributed by atoms with E-state index in [1.165, 1.54) is 36.8 Å². The maximum atomic E-state index is 13.5. The van der Waals surface area contributed by atoms with Crippen molar-refractivity contribution in [3.05, 3.63) is 35.4 Å². The Labute approximate surface area is 141 Å². The van der Waals surface area contributed by atoms with Crippen molar-refractivity contribution in [2.24, 2.45) is 11.8 Å². The highest BCUT2D eigenvalue weighted by Gasteiger charge is 2.21. The summed E-state index contributed by atoms with van der Waals surface area (Å²) in [6.45, 7) is 6.02. The molecule has 1 aromatic rings. The first-order chi connectivity index (χ1) is 11.1. The molecule has 0 heterocycles. The smallest absolute Gasteiger partial charge is 0.113 e. The van der Waals surface area contributed by atoms with Gasteiger partial charge in [0.05, 0.1) is 0 Å². The fraction of sp³-hybridized carbons (Fsp3) is 0.636. The molecule has 1 aliphatic rings. The second-order valence-electron chi connectivity index (χ2n) is 7.04. The molecule has 1 aromatic carbocycles. The lowest BCUT2D eigenvalue weighted by Crippen LogP contribution is -2.13. The van der Waals surface area contributed by atoms with Crippen LogP contribution < -0.4 is 0 Å². The summed E-state index contributed by atoms with van der Waals surface area (Å²) in [6.07, 6.45) is 6.92. The molecule has 2 rings (SSSR count). The first-order valence-corrected chi connectivity index (χ1v) is 9.38. The summed E-state index contributed by atoms with van der Waals surface area (Å²) in [5, 5.41) is 0. The maximum absolute atomic E-state index is 13.5. The Morgan fingerprint density at radius 2 is 1.74 bits per heavy atom. The van der Waals surface area contributed by atoms with Crippen LogP contribution >= 0.6 is 0 Å². The number of halogens is 1. The summed E-state index contributed by atoms with van der Waals surface area (Å²) in [5.74, 6) is 7.53. The molecule has 2 unspecified atom stereocenters. The van der Waals surface area contributed by atoms with Gasteiger partial charge in [-0.25, -0.2) is 4.39 Å². The summed E-state index contributed by atoms with van der Waals surface area (Å²) >= 11 is 0. The Kier molecular flexibility index (Phi) is 7.15. The topological polar surface area (TPSA) is 0 Å². The van der Waals surface area contributed by atoms with E-state index in [2.05, 4.69) is 43.0 Å². The average molecular weight is 314 g/mol. The molecule has 0 bridgehead atoms. The van der Waals surface area contributed by atoms with Gasteiger partial charge in [0.15, 0.2) is 0 Å². The van der Waals surface area contributed by atoms with Crippen molar-refractivity contribution in [1.29, 1.82) is 0 Å². The number of hydrogen-bond acceptors (Lipinski definition) is 0. The van der Waals surface area contributed by atoms with E-state index in [9.17, 15) is 4.39 Å². The Balaban J connectivity index is 1.85. The number of benzene rings is 1. The SMILES string of the molecule is CCCc1ccc(C2CCC(C#CC(C)C(F)CC)CC2)cc1. The molecule has 0 spiro atoms. The van der Waals surface area contributed by atoms with Gasteiger partial charge in [-0.05, 0) is 62.5 Å². The van der Waals surface area contributed by atoms with Crippen molar-refractivity contribution in [3.8, 4) is 11.8 Å². The zero-order valence-electron chi connectivity index (χ0n) is 14.9. The minimum atomic E-state index is -0.777. The molecule has 1 heteroatoms. The van der Waals surface area contributed by atoms with E-state index in [0.29, 0.717) is 18.3 Å². The van der Waals surface area contributed by atoms with Gasteiger partial charge in [0.1, 0.15) is 6.17 Å². The van der Waals surface area contributed by atoms with Crippen LogP contribution in [0.2, 0.25) is 0 Å². The van der Waals surface area contributed by atoms with Crippen LogP contribution in [0, 0.1) is 23.7 Å². The van der Waals surface area contributed by atoms with Crippen LogP contribution in [0.5, 0.6) is 0 Å². The van der Waals surface area contributed by atoms with Crippen LogP contribution in [0.1, 0.15) is 76.3 Å². The van der Waals surface area contributed by atoms with Crippen molar-refractivity contribution in [1.82, 2.24) is 0 Å². The number of alkyl halides is 1. The zero-order chi connectivity index (χ0) is 16.7. The van der Waals surface area contributed by atoms with Gasteiger partial charge in [-0.2, -0.15) is 0 Å². The van der Waals surface area contributed by atoms with Crippen LogP contribution in [-0.4, -0.2) is 6.17 Å². The minimum Gasteiger partial charge on any atom is -0.246 e.